The zero-order chi connectivity index (χ0) is 91.9. The summed E-state index contributed by atoms with van der Waals surface area (Å²) in [5.74, 6) is -0.498. The number of halogens is 1. The monoisotopic (exact) mass is 1930 g/mol. The molecule has 1 aliphatic rings. The van der Waals surface area contributed by atoms with E-state index in [-0.39, 0.29) is 29.4 Å². The number of benzene rings is 8. The third-order valence-corrected chi connectivity index (χ3v) is 25.3. The Balaban J connectivity index is 0.000000142. The fraction of sp³-hybridized carbons (Fsp3) is 0.176. The van der Waals surface area contributed by atoms with Gasteiger partial charge < -0.3 is 52.5 Å². The van der Waals surface area contributed by atoms with Gasteiger partial charge in [0.15, 0.2) is 20.5 Å². The summed E-state index contributed by atoms with van der Waals surface area (Å²) in [5.41, 5.74) is 24.2. The van der Waals surface area contributed by atoms with E-state index in [4.69, 9.17) is 4.98 Å². The zero-order valence-corrected chi connectivity index (χ0v) is 79.5. The van der Waals surface area contributed by atoms with E-state index in [9.17, 15) is 24.3 Å². The third kappa shape index (κ3) is 26.6. The van der Waals surface area contributed by atoms with Crippen LogP contribution in [0, 0.1) is 38.2 Å². The second kappa shape index (κ2) is 45.1. The molecule has 1 saturated heterocycles. The fourth-order valence-corrected chi connectivity index (χ4v) is 17.2. The topological polar surface area (TPSA) is 298 Å². The van der Waals surface area contributed by atoms with Crippen molar-refractivity contribution >= 4 is 158 Å². The summed E-state index contributed by atoms with van der Waals surface area (Å²) in [6.07, 6.45) is 14.1. The highest BCUT2D eigenvalue weighted by molar-refractivity contribution is 14.1. The van der Waals surface area contributed by atoms with Gasteiger partial charge in [-0.3, -0.25) is 48.9 Å². The van der Waals surface area contributed by atoms with Crippen molar-refractivity contribution in [3.05, 3.63) is 348 Å². The lowest BCUT2D eigenvalue weighted by Gasteiger charge is -2.32. The maximum absolute atomic E-state index is 13.1. The number of aromatic hydroxyl groups is 1. The number of phenolic OH excluding ortho intramolecular Hbond substituents is 1. The average Bonchev–Trinajstić information content (AvgIpc) is 1.79. The molecule has 8 aromatic carbocycles. The molecule has 9 heterocycles. The van der Waals surface area contributed by atoms with Crippen LogP contribution >= 0.6 is 67.9 Å². The number of phenols is 1. The van der Waals surface area contributed by atoms with Crippen LogP contribution in [0.3, 0.4) is 0 Å². The first-order valence-electron chi connectivity index (χ1n) is 42.5. The van der Waals surface area contributed by atoms with E-state index in [1.54, 1.807) is 73.0 Å². The molecule has 24 nitrogen and oxygen atoms in total. The number of nitrogens with one attached hydrogen (secondary N) is 8. The molecule has 29 heteroatoms. The molecule has 0 aliphatic carbocycles. The molecular formula is C102H100IN19O5S4. The third-order valence-electron chi connectivity index (χ3n) is 21.6. The summed E-state index contributed by atoms with van der Waals surface area (Å²) >= 11 is 8.33. The van der Waals surface area contributed by atoms with Crippen LogP contribution in [0.5, 0.6) is 5.75 Å². The first-order chi connectivity index (χ1) is 63.4. The Labute approximate surface area is 792 Å². The van der Waals surface area contributed by atoms with Gasteiger partial charge in [-0.1, -0.05) is 42.5 Å². The van der Waals surface area contributed by atoms with Crippen LogP contribution in [0.25, 0.3) is 45.0 Å². The van der Waals surface area contributed by atoms with Crippen molar-refractivity contribution in [2.45, 2.75) is 87.5 Å². The van der Waals surface area contributed by atoms with Crippen molar-refractivity contribution in [1.82, 2.24) is 54.6 Å². The van der Waals surface area contributed by atoms with Crippen LogP contribution in [0.1, 0.15) is 108 Å². The van der Waals surface area contributed by atoms with Crippen molar-refractivity contribution < 1.29 is 24.3 Å². The van der Waals surface area contributed by atoms with Crippen LogP contribution in [0.2, 0.25) is 0 Å². The largest absolute Gasteiger partial charge is 0.508 e. The van der Waals surface area contributed by atoms with E-state index in [2.05, 4.69) is 162 Å². The fourth-order valence-electron chi connectivity index (χ4n) is 13.9. The number of thiazole rings is 4. The van der Waals surface area contributed by atoms with Gasteiger partial charge >= 0.3 is 0 Å². The van der Waals surface area contributed by atoms with Gasteiger partial charge in [0.05, 0.1) is 22.8 Å². The zero-order valence-electron chi connectivity index (χ0n) is 74.0. The molecule has 1 fully saturated rings. The minimum absolute atomic E-state index is 0.113. The number of aryl methyl sites for hydroxylation is 5. The molecule has 4 amide bonds. The maximum atomic E-state index is 13.1. The molecule has 9 N–H and O–H groups in total. The van der Waals surface area contributed by atoms with Crippen molar-refractivity contribution in [1.29, 1.82) is 0 Å². The molecule has 1 aliphatic heterocycles. The molecule has 131 heavy (non-hydrogen) atoms. The van der Waals surface area contributed by atoms with Crippen molar-refractivity contribution in [2.24, 2.45) is 0 Å². The summed E-state index contributed by atoms with van der Waals surface area (Å²) in [7, 11) is 2.17. The smallest absolute Gasteiger partial charge is 0.255 e. The Morgan fingerprint density at radius 3 is 1.08 bits per heavy atom. The number of hydrogen-bond donors (Lipinski definition) is 9. The first kappa shape index (κ1) is 93.5. The highest BCUT2D eigenvalue weighted by Gasteiger charge is 2.21. The Morgan fingerprint density at radius 2 is 0.733 bits per heavy atom. The summed E-state index contributed by atoms with van der Waals surface area (Å²) in [4.78, 5) is 93.3. The number of carbonyl (C=O) groups excluding carboxylic acids is 4. The van der Waals surface area contributed by atoms with Crippen molar-refractivity contribution in [2.75, 3.05) is 75.8 Å². The van der Waals surface area contributed by atoms with Crippen LogP contribution in [0.4, 0.5) is 66.0 Å². The minimum Gasteiger partial charge on any atom is -0.508 e. The number of hydrogen-bond acceptors (Lipinski definition) is 24. The van der Waals surface area contributed by atoms with E-state index < -0.39 is 0 Å². The first-order valence-corrected chi connectivity index (χ1v) is 47.1. The summed E-state index contributed by atoms with van der Waals surface area (Å²) in [5, 5.41) is 45.9. The standard InChI is InChI=1S/C29H32N6OS.C29H33N5OS.C22H17IN4OS.C22H18N4O2S/c1-20-4-7-25(17-26(20)32-29-33-27(19-37-29)22-8-10-30-11-9-22)31-28(36)23-5-6-24(21(2)16-23)18-35-14-12-34(3)13-15-35;1-19(2)34(20(3)4)17-22-9-11-23(12-10-22)28(35)31-25-13-8-21(5)26(15-25)32-29-33-27(18-36-29)24-7-6-14-30-16-24;1-14-4-9-18(25-21(28)15-5-7-17(23)8-6-15)11-19(14)26-22-27-20(13-29-22)16-3-2-10-24-12-16;1-14-4-7-17(24-21(28)15-5-8-18(27)9-6-15)11-19(14)25-22-26-20(13-29-22)16-3-2-10-23-12-16/h4-11,16-17,19H,12-15,18H2,1-3H3,(H,31,36)(H,32,33);6-16,18-20H,17H2,1-5H3,(H,31,35)(H,32,33);2-13H,1H3,(H,25,28)(H,26,27);2-13,27H,1H3,(H,24,28)(H,25,26). The Hall–Kier alpha value is -13.6. The molecule has 0 saturated carbocycles. The summed E-state index contributed by atoms with van der Waals surface area (Å²) in [6.45, 7) is 25.1. The van der Waals surface area contributed by atoms with Crippen LogP contribution in [-0.4, -0.2) is 129 Å². The van der Waals surface area contributed by atoms with Gasteiger partial charge in [0.1, 0.15) is 5.75 Å². The number of nitrogens with zero attached hydrogens (tertiary/aromatic N) is 11. The Kier molecular flexibility index (Phi) is 32.2. The number of piperazine rings is 1. The van der Waals surface area contributed by atoms with Crippen molar-refractivity contribution in [3.8, 4) is 50.8 Å². The molecule has 0 atom stereocenters. The molecule has 0 bridgehead atoms. The quantitative estimate of drug-likeness (QED) is 0.0228. The van der Waals surface area contributed by atoms with E-state index in [0.29, 0.717) is 40.0 Å². The van der Waals surface area contributed by atoms with Gasteiger partial charge in [0.25, 0.3) is 23.6 Å². The highest BCUT2D eigenvalue weighted by atomic mass is 127. The molecule has 0 radical (unpaired) electrons. The maximum Gasteiger partial charge on any atom is 0.255 e. The van der Waals surface area contributed by atoms with Gasteiger partial charge in [-0.2, -0.15) is 0 Å². The van der Waals surface area contributed by atoms with Crippen LogP contribution in [0.15, 0.2) is 283 Å². The number of amides is 4. The second-order valence-corrected chi connectivity index (χ2v) is 36.6. The predicted molar refractivity (Wildman–Crippen MR) is 545 cm³/mol. The summed E-state index contributed by atoms with van der Waals surface area (Å²) < 4.78 is 1.09. The molecule has 664 valence electrons. The van der Waals surface area contributed by atoms with E-state index in [1.165, 1.54) is 57.3 Å². The van der Waals surface area contributed by atoms with Gasteiger partial charge in [0, 0.05) is 216 Å². The molecule has 17 rings (SSSR count). The SMILES string of the molecule is Cc1cc(C(=O)Nc2ccc(C)c(Nc3nc(-c4ccncc4)cs3)c2)ccc1CN1CCN(C)CC1.Cc1ccc(NC(=O)c2ccc(CN(C(C)C)C(C)C)cc2)cc1Nc1nc(-c2cccnc2)cs1.Cc1ccc(NC(=O)c2ccc(I)cc2)cc1Nc1nc(-c2cccnc2)cs1.Cc1ccc(NC(=O)c2ccc(O)cc2)cc1Nc1nc(-c2cccnc2)cs1. The average molecular weight is 1930 g/mol. The van der Waals surface area contributed by atoms with Gasteiger partial charge in [0.2, 0.25) is 0 Å². The van der Waals surface area contributed by atoms with Gasteiger partial charge in [-0.25, -0.2) is 19.9 Å². The predicted octanol–water partition coefficient (Wildman–Crippen LogP) is 24.0. The molecule has 0 spiro atoms. The van der Waals surface area contributed by atoms with Gasteiger partial charge in [-0.15, -0.1) is 45.3 Å². The second-order valence-electron chi connectivity index (χ2n) is 31.9. The minimum atomic E-state index is -0.243. The molecule has 16 aromatic rings. The van der Waals surface area contributed by atoms with Crippen molar-refractivity contribution in [3.63, 3.8) is 0 Å². The molecular weight excluding hydrogens is 1830 g/mol. The lowest BCUT2D eigenvalue weighted by Crippen LogP contribution is -2.43. The van der Waals surface area contributed by atoms with Gasteiger partial charge in [-0.05, 0) is 301 Å². The summed E-state index contributed by atoms with van der Waals surface area (Å²) in [6, 6.07) is 67.1. The number of rotatable bonds is 26. The van der Waals surface area contributed by atoms with Crippen LogP contribution < -0.4 is 42.5 Å². The highest BCUT2D eigenvalue weighted by Crippen LogP contribution is 2.36. The lowest BCUT2D eigenvalue weighted by atomic mass is 10.0. The molecule has 8 aromatic heterocycles. The van der Waals surface area contributed by atoms with E-state index in [1.807, 2.05) is 231 Å². The Bertz CT molecular complexity index is 6340. The number of anilines is 12. The number of likely N-dealkylation sites (N-methyl/N-ethyl adjacent to an activating group) is 1. The van der Waals surface area contributed by atoms with Crippen LogP contribution in [-0.2, 0) is 13.1 Å². The number of pyridine rings is 4. The normalized spacial score (nSPS) is 11.9. The van der Waals surface area contributed by atoms with E-state index in [0.717, 1.165) is 176 Å². The number of aromatic nitrogens is 8. The lowest BCUT2D eigenvalue weighted by molar-refractivity contribution is 0.101. The number of carbonyl (C=O) groups is 4. The Morgan fingerprint density at radius 1 is 0.389 bits per heavy atom. The van der Waals surface area contributed by atoms with E-state index >= 15 is 0 Å². The molecule has 0 unspecified atom stereocenters.